The van der Waals surface area contributed by atoms with Crippen molar-refractivity contribution in [1.29, 1.82) is 0 Å². The molecule has 0 bridgehead atoms. The van der Waals surface area contributed by atoms with E-state index in [0.29, 0.717) is 28.8 Å². The van der Waals surface area contributed by atoms with Crippen LogP contribution >= 0.6 is 0 Å². The van der Waals surface area contributed by atoms with Crippen molar-refractivity contribution >= 4 is 11.6 Å². The van der Waals surface area contributed by atoms with E-state index in [4.69, 9.17) is 10.2 Å². The van der Waals surface area contributed by atoms with E-state index in [1.807, 2.05) is 23.1 Å². The second-order valence-electron chi connectivity index (χ2n) is 5.60. The van der Waals surface area contributed by atoms with Crippen molar-refractivity contribution in [3.8, 4) is 11.5 Å². The zero-order chi connectivity index (χ0) is 14.8. The number of hydrogen-bond donors (Lipinski definition) is 1. The van der Waals surface area contributed by atoms with E-state index in [9.17, 15) is 4.79 Å². The van der Waals surface area contributed by atoms with E-state index in [1.54, 1.807) is 6.07 Å². The zero-order valence-electron chi connectivity index (χ0n) is 12.1. The largest absolute Gasteiger partial charge is 0.444 e. The van der Waals surface area contributed by atoms with Crippen molar-refractivity contribution in [3.05, 3.63) is 36.2 Å². The van der Waals surface area contributed by atoms with Crippen LogP contribution in [-0.4, -0.2) is 28.9 Å². The fourth-order valence-corrected chi connectivity index (χ4v) is 2.56. The Morgan fingerprint density at radius 3 is 2.76 bits per heavy atom. The molecule has 110 valence electrons. The molecule has 0 spiro atoms. The number of amides is 1. The molecule has 0 radical (unpaired) electrons. The van der Waals surface area contributed by atoms with Crippen LogP contribution in [0, 0.1) is 5.92 Å². The number of piperidine rings is 1. The lowest BCUT2D eigenvalue weighted by molar-refractivity contribution is 0.0691. The minimum atomic E-state index is -0.0635. The molecule has 1 saturated heterocycles. The van der Waals surface area contributed by atoms with Crippen LogP contribution in [0.3, 0.4) is 0 Å². The number of rotatable bonds is 2. The number of para-hydroxylation sites is 1. The maximum Gasteiger partial charge on any atom is 0.275 e. The summed E-state index contributed by atoms with van der Waals surface area (Å²) in [5, 5.41) is 0. The van der Waals surface area contributed by atoms with E-state index in [-0.39, 0.29) is 5.91 Å². The minimum absolute atomic E-state index is 0.0635. The number of nitrogens with two attached hydrogens (primary N) is 1. The topological polar surface area (TPSA) is 72.4 Å². The van der Waals surface area contributed by atoms with Crippen molar-refractivity contribution in [3.63, 3.8) is 0 Å². The zero-order valence-corrected chi connectivity index (χ0v) is 12.1. The Bertz CT molecular complexity index is 642. The van der Waals surface area contributed by atoms with Gasteiger partial charge in [-0.15, -0.1) is 0 Å². The van der Waals surface area contributed by atoms with Crippen molar-refractivity contribution in [1.82, 2.24) is 9.88 Å². The fourth-order valence-electron chi connectivity index (χ4n) is 2.56. The monoisotopic (exact) mass is 285 g/mol. The molecule has 1 amide bonds. The molecule has 1 fully saturated rings. The number of benzene rings is 1. The van der Waals surface area contributed by atoms with Crippen LogP contribution in [0.2, 0.25) is 0 Å². The van der Waals surface area contributed by atoms with Crippen LogP contribution < -0.4 is 5.73 Å². The van der Waals surface area contributed by atoms with E-state index >= 15 is 0 Å². The summed E-state index contributed by atoms with van der Waals surface area (Å²) in [5.74, 6) is 1.01. The number of carbonyl (C=O) groups excluding carboxylic acids is 1. The van der Waals surface area contributed by atoms with Crippen LogP contribution in [-0.2, 0) is 0 Å². The van der Waals surface area contributed by atoms with E-state index in [2.05, 4.69) is 11.9 Å². The van der Waals surface area contributed by atoms with Gasteiger partial charge < -0.3 is 15.1 Å². The summed E-state index contributed by atoms with van der Waals surface area (Å²) in [6, 6.07) is 7.33. The summed E-state index contributed by atoms with van der Waals surface area (Å²) in [6.07, 6.45) is 3.51. The molecule has 0 unspecified atom stereocenters. The van der Waals surface area contributed by atoms with Gasteiger partial charge in [0.15, 0.2) is 5.69 Å². The summed E-state index contributed by atoms with van der Waals surface area (Å²) in [5.41, 5.74) is 7.55. The molecule has 5 nitrogen and oxygen atoms in total. The Labute approximate surface area is 123 Å². The highest BCUT2D eigenvalue weighted by atomic mass is 16.3. The summed E-state index contributed by atoms with van der Waals surface area (Å²) in [6.45, 7) is 3.79. The Morgan fingerprint density at radius 1 is 1.33 bits per heavy atom. The molecule has 2 heterocycles. The van der Waals surface area contributed by atoms with Gasteiger partial charge in [0.2, 0.25) is 5.89 Å². The molecule has 21 heavy (non-hydrogen) atoms. The fraction of sp³-hybridized carbons (Fsp3) is 0.375. The van der Waals surface area contributed by atoms with Crippen LogP contribution in [0.15, 0.2) is 34.9 Å². The lowest BCUT2D eigenvalue weighted by atomic mass is 9.99. The number of hydrogen-bond acceptors (Lipinski definition) is 4. The SMILES string of the molecule is CC1CCN(C(=O)c2coc(-c3ccccc3N)n2)CC1. The van der Waals surface area contributed by atoms with Crippen molar-refractivity contribution < 1.29 is 9.21 Å². The predicted octanol–water partition coefficient (Wildman–Crippen LogP) is 2.80. The Balaban J connectivity index is 1.79. The van der Waals surface area contributed by atoms with Gasteiger partial charge in [-0.05, 0) is 30.9 Å². The second kappa shape index (κ2) is 5.60. The van der Waals surface area contributed by atoms with E-state index in [0.717, 1.165) is 25.9 Å². The van der Waals surface area contributed by atoms with Gasteiger partial charge in [0.25, 0.3) is 5.91 Å². The average Bonchev–Trinajstić information content (AvgIpc) is 2.97. The highest BCUT2D eigenvalue weighted by Gasteiger charge is 2.24. The van der Waals surface area contributed by atoms with Gasteiger partial charge in [-0.25, -0.2) is 4.98 Å². The number of nitrogen functional groups attached to an aromatic ring is 1. The lowest BCUT2D eigenvalue weighted by Gasteiger charge is -2.29. The highest BCUT2D eigenvalue weighted by Crippen LogP contribution is 2.25. The van der Waals surface area contributed by atoms with E-state index < -0.39 is 0 Å². The normalized spacial score (nSPS) is 16.1. The summed E-state index contributed by atoms with van der Waals surface area (Å²) in [4.78, 5) is 18.5. The van der Waals surface area contributed by atoms with Crippen LogP contribution in [0.4, 0.5) is 5.69 Å². The quantitative estimate of drug-likeness (QED) is 0.861. The van der Waals surface area contributed by atoms with E-state index in [1.165, 1.54) is 6.26 Å². The predicted molar refractivity (Wildman–Crippen MR) is 80.7 cm³/mol. The molecule has 2 N–H and O–H groups in total. The van der Waals surface area contributed by atoms with Crippen molar-refractivity contribution in [2.24, 2.45) is 5.92 Å². The highest BCUT2D eigenvalue weighted by molar-refractivity contribution is 5.92. The maximum atomic E-state index is 12.4. The molecule has 1 aliphatic heterocycles. The number of carbonyl (C=O) groups is 1. The third-order valence-electron chi connectivity index (χ3n) is 3.99. The van der Waals surface area contributed by atoms with Gasteiger partial charge in [0.1, 0.15) is 6.26 Å². The Kier molecular flexibility index (Phi) is 3.64. The average molecular weight is 285 g/mol. The van der Waals surface area contributed by atoms with Gasteiger partial charge in [0, 0.05) is 18.8 Å². The molecule has 2 aromatic rings. The first-order chi connectivity index (χ1) is 10.1. The number of likely N-dealkylation sites (tertiary alicyclic amines) is 1. The molecular formula is C16H19N3O2. The molecule has 1 aliphatic rings. The Morgan fingerprint density at radius 2 is 2.05 bits per heavy atom. The first-order valence-electron chi connectivity index (χ1n) is 7.25. The van der Waals surface area contributed by atoms with Crippen LogP contribution in [0.5, 0.6) is 0 Å². The number of nitrogens with zero attached hydrogens (tertiary/aromatic N) is 2. The standard InChI is InChI=1S/C16H19N3O2/c1-11-6-8-19(9-7-11)16(20)14-10-21-15(18-14)12-4-2-3-5-13(12)17/h2-5,10-11H,6-9,17H2,1H3. The van der Waals surface area contributed by atoms with Gasteiger partial charge in [-0.3, -0.25) is 4.79 Å². The van der Waals surface area contributed by atoms with Gasteiger partial charge in [-0.1, -0.05) is 19.1 Å². The molecule has 0 aliphatic carbocycles. The molecule has 1 aromatic carbocycles. The van der Waals surface area contributed by atoms with Crippen molar-refractivity contribution in [2.45, 2.75) is 19.8 Å². The summed E-state index contributed by atoms with van der Waals surface area (Å²) >= 11 is 0. The second-order valence-corrected chi connectivity index (χ2v) is 5.60. The minimum Gasteiger partial charge on any atom is -0.444 e. The lowest BCUT2D eigenvalue weighted by Crippen LogP contribution is -2.38. The number of aromatic nitrogens is 1. The summed E-state index contributed by atoms with van der Waals surface area (Å²) < 4.78 is 5.43. The molecule has 1 aromatic heterocycles. The number of oxazole rings is 1. The molecule has 0 atom stereocenters. The molecule has 0 saturated carbocycles. The third kappa shape index (κ3) is 2.77. The smallest absolute Gasteiger partial charge is 0.275 e. The van der Waals surface area contributed by atoms with Gasteiger partial charge in [-0.2, -0.15) is 0 Å². The molecule has 3 rings (SSSR count). The Hall–Kier alpha value is -2.30. The third-order valence-corrected chi connectivity index (χ3v) is 3.99. The number of anilines is 1. The first-order valence-corrected chi connectivity index (χ1v) is 7.25. The molecule has 5 heteroatoms. The summed E-state index contributed by atoms with van der Waals surface area (Å²) in [7, 11) is 0. The van der Waals surface area contributed by atoms with Crippen LogP contribution in [0.25, 0.3) is 11.5 Å². The molecular weight excluding hydrogens is 266 g/mol. The maximum absolute atomic E-state index is 12.4. The van der Waals surface area contributed by atoms with Gasteiger partial charge >= 0.3 is 0 Å². The first kappa shape index (κ1) is 13.7. The van der Waals surface area contributed by atoms with Crippen molar-refractivity contribution in [2.75, 3.05) is 18.8 Å². The van der Waals surface area contributed by atoms with Crippen LogP contribution in [0.1, 0.15) is 30.3 Å². The van der Waals surface area contributed by atoms with Gasteiger partial charge in [0.05, 0.1) is 5.56 Å².